The minimum atomic E-state index is -0.635. The second kappa shape index (κ2) is 18.6. The van der Waals surface area contributed by atoms with Crippen LogP contribution in [0.5, 0.6) is 0 Å². The lowest BCUT2D eigenvalue weighted by atomic mass is 9.86. The fourth-order valence-electron chi connectivity index (χ4n) is 4.86. The molecule has 204 valence electrons. The first-order chi connectivity index (χ1) is 16.8. The Bertz CT molecular complexity index is 592. The van der Waals surface area contributed by atoms with E-state index < -0.39 is 6.04 Å². The molecule has 1 amide bonds. The standard InChI is InChI=1S/C29H53NO5/c1-6-7-8-9-10-11-12-13-14-17-24(34-29(33)26(30-21-31)19-23(4)5)20-27-25(28(32)35-27)18-15-16-22(2)3/h21-27H,6-20H2,1-5H3,(H,30,31)/t24-,25-,26-,27-/m0/s1. The first kappa shape index (κ1) is 31.4. The second-order valence-corrected chi connectivity index (χ2v) is 11.3. The largest absolute Gasteiger partial charge is 0.461 e. The molecule has 0 radical (unpaired) electrons. The van der Waals surface area contributed by atoms with Gasteiger partial charge in [0.2, 0.25) is 6.41 Å². The van der Waals surface area contributed by atoms with Gasteiger partial charge in [-0.15, -0.1) is 0 Å². The van der Waals surface area contributed by atoms with Gasteiger partial charge < -0.3 is 14.8 Å². The fourth-order valence-corrected chi connectivity index (χ4v) is 4.86. The van der Waals surface area contributed by atoms with Gasteiger partial charge in [-0.1, -0.05) is 98.8 Å². The van der Waals surface area contributed by atoms with Crippen LogP contribution in [0.3, 0.4) is 0 Å². The van der Waals surface area contributed by atoms with Gasteiger partial charge in [0.05, 0.1) is 5.92 Å². The minimum absolute atomic E-state index is 0.0855. The molecule has 1 fully saturated rings. The number of rotatable bonds is 22. The lowest BCUT2D eigenvalue weighted by molar-refractivity contribution is -0.190. The highest BCUT2D eigenvalue weighted by molar-refractivity contribution is 5.79. The number of esters is 2. The topological polar surface area (TPSA) is 81.7 Å². The van der Waals surface area contributed by atoms with E-state index in [1.165, 1.54) is 44.9 Å². The summed E-state index contributed by atoms with van der Waals surface area (Å²) in [5, 5.41) is 2.62. The van der Waals surface area contributed by atoms with E-state index in [2.05, 4.69) is 26.1 Å². The third-order valence-electron chi connectivity index (χ3n) is 6.98. The van der Waals surface area contributed by atoms with Crippen molar-refractivity contribution in [1.82, 2.24) is 5.32 Å². The van der Waals surface area contributed by atoms with Crippen LogP contribution in [0, 0.1) is 17.8 Å². The summed E-state index contributed by atoms with van der Waals surface area (Å²) in [4.78, 5) is 36.0. The summed E-state index contributed by atoms with van der Waals surface area (Å²) in [6, 6.07) is -0.635. The Balaban J connectivity index is 2.59. The molecule has 1 saturated heterocycles. The van der Waals surface area contributed by atoms with E-state index >= 15 is 0 Å². The van der Waals surface area contributed by atoms with E-state index in [1.54, 1.807) is 0 Å². The summed E-state index contributed by atoms with van der Waals surface area (Å²) in [5.41, 5.74) is 0. The van der Waals surface area contributed by atoms with Crippen molar-refractivity contribution in [3.05, 3.63) is 0 Å². The van der Waals surface area contributed by atoms with Gasteiger partial charge in [-0.3, -0.25) is 9.59 Å². The molecule has 1 aliphatic heterocycles. The smallest absolute Gasteiger partial charge is 0.328 e. The molecule has 0 unspecified atom stereocenters. The molecule has 1 aliphatic rings. The first-order valence-corrected chi connectivity index (χ1v) is 14.4. The minimum Gasteiger partial charge on any atom is -0.461 e. The highest BCUT2D eigenvalue weighted by Gasteiger charge is 2.43. The number of hydrogen-bond donors (Lipinski definition) is 1. The molecule has 0 aromatic carbocycles. The van der Waals surface area contributed by atoms with Gasteiger partial charge in [-0.2, -0.15) is 0 Å². The molecule has 0 bridgehead atoms. The average Bonchev–Trinajstić information content (AvgIpc) is 2.79. The predicted octanol–water partition coefficient (Wildman–Crippen LogP) is 6.74. The Labute approximate surface area is 214 Å². The van der Waals surface area contributed by atoms with Gasteiger partial charge in [0.15, 0.2) is 0 Å². The van der Waals surface area contributed by atoms with Crippen molar-refractivity contribution in [2.45, 2.75) is 149 Å². The van der Waals surface area contributed by atoms with E-state index in [-0.39, 0.29) is 36.0 Å². The van der Waals surface area contributed by atoms with Crippen LogP contribution < -0.4 is 5.32 Å². The number of carbonyl (C=O) groups excluding carboxylic acids is 3. The van der Waals surface area contributed by atoms with Crippen molar-refractivity contribution in [2.24, 2.45) is 17.8 Å². The normalized spacial score (nSPS) is 19.2. The van der Waals surface area contributed by atoms with Gasteiger partial charge in [0.1, 0.15) is 18.2 Å². The third-order valence-corrected chi connectivity index (χ3v) is 6.98. The molecule has 6 nitrogen and oxygen atoms in total. The Hall–Kier alpha value is -1.59. The molecule has 6 heteroatoms. The summed E-state index contributed by atoms with van der Waals surface area (Å²) in [6.07, 6.45) is 16.0. The van der Waals surface area contributed by atoms with Crippen LogP contribution in [-0.4, -0.2) is 36.6 Å². The number of hydrogen-bond acceptors (Lipinski definition) is 5. The number of cyclic esters (lactones) is 1. The maximum absolute atomic E-state index is 12.9. The molecule has 4 atom stereocenters. The van der Waals surface area contributed by atoms with Crippen LogP contribution in [-0.2, 0) is 23.9 Å². The maximum atomic E-state index is 12.9. The molecule has 0 saturated carbocycles. The second-order valence-electron chi connectivity index (χ2n) is 11.3. The molecular formula is C29H53NO5. The summed E-state index contributed by atoms with van der Waals surface area (Å²) in [5.74, 6) is 0.292. The lowest BCUT2D eigenvalue weighted by Gasteiger charge is -2.37. The molecule has 1 rings (SSSR count). The number of nitrogens with one attached hydrogen (secondary N) is 1. The highest BCUT2D eigenvalue weighted by Crippen LogP contribution is 2.33. The molecule has 35 heavy (non-hydrogen) atoms. The van der Waals surface area contributed by atoms with E-state index in [4.69, 9.17) is 9.47 Å². The van der Waals surface area contributed by atoms with Gasteiger partial charge in [0, 0.05) is 6.42 Å². The highest BCUT2D eigenvalue weighted by atomic mass is 16.6. The Morgan fingerprint density at radius 3 is 2.11 bits per heavy atom. The Kier molecular flexibility index (Phi) is 16.8. The van der Waals surface area contributed by atoms with Crippen molar-refractivity contribution >= 4 is 18.3 Å². The Morgan fingerprint density at radius 1 is 0.943 bits per heavy atom. The SMILES string of the molecule is CCCCCCCCCCC[C@@H](C[C@@H]1OC(=O)[C@H]1CCCC(C)C)OC(=O)[C@H](CC(C)C)NC=O. The van der Waals surface area contributed by atoms with E-state index in [0.29, 0.717) is 25.2 Å². The zero-order valence-corrected chi connectivity index (χ0v) is 23.2. The number of ether oxygens (including phenoxy) is 2. The van der Waals surface area contributed by atoms with Crippen molar-refractivity contribution < 1.29 is 23.9 Å². The lowest BCUT2D eigenvalue weighted by Crippen LogP contribution is -2.48. The van der Waals surface area contributed by atoms with Crippen LogP contribution in [0.2, 0.25) is 0 Å². The average molecular weight is 496 g/mol. The van der Waals surface area contributed by atoms with Gasteiger partial charge >= 0.3 is 11.9 Å². The molecular weight excluding hydrogens is 442 g/mol. The maximum Gasteiger partial charge on any atom is 0.328 e. The van der Waals surface area contributed by atoms with Crippen LogP contribution in [0.4, 0.5) is 0 Å². The van der Waals surface area contributed by atoms with Gasteiger partial charge in [-0.05, 0) is 37.5 Å². The van der Waals surface area contributed by atoms with Crippen LogP contribution in [0.25, 0.3) is 0 Å². The molecule has 0 aromatic heterocycles. The molecule has 0 aliphatic carbocycles. The summed E-state index contributed by atoms with van der Waals surface area (Å²) in [6.45, 7) is 10.7. The molecule has 1 N–H and O–H groups in total. The van der Waals surface area contributed by atoms with Crippen molar-refractivity contribution in [1.29, 1.82) is 0 Å². The monoisotopic (exact) mass is 495 g/mol. The molecule has 1 heterocycles. The predicted molar refractivity (Wildman–Crippen MR) is 141 cm³/mol. The summed E-state index contributed by atoms with van der Waals surface area (Å²) < 4.78 is 11.4. The van der Waals surface area contributed by atoms with Crippen molar-refractivity contribution in [3.63, 3.8) is 0 Å². The number of amides is 1. The van der Waals surface area contributed by atoms with Crippen molar-refractivity contribution in [2.75, 3.05) is 0 Å². The third kappa shape index (κ3) is 13.9. The van der Waals surface area contributed by atoms with Gasteiger partial charge in [0.25, 0.3) is 0 Å². The summed E-state index contributed by atoms with van der Waals surface area (Å²) >= 11 is 0. The number of unbranched alkanes of at least 4 members (excludes halogenated alkanes) is 8. The number of carbonyl (C=O) groups is 3. The van der Waals surface area contributed by atoms with Crippen molar-refractivity contribution in [3.8, 4) is 0 Å². The van der Waals surface area contributed by atoms with Crippen LogP contribution in [0.15, 0.2) is 0 Å². The zero-order chi connectivity index (χ0) is 26.1. The fraction of sp³-hybridized carbons (Fsp3) is 0.897. The quantitative estimate of drug-likeness (QED) is 0.102. The van der Waals surface area contributed by atoms with Crippen LogP contribution in [0.1, 0.15) is 131 Å². The Morgan fingerprint density at radius 2 is 1.57 bits per heavy atom. The first-order valence-electron chi connectivity index (χ1n) is 14.4. The van der Waals surface area contributed by atoms with Gasteiger partial charge in [-0.25, -0.2) is 4.79 Å². The summed E-state index contributed by atoms with van der Waals surface area (Å²) in [7, 11) is 0. The molecule has 0 aromatic rings. The van der Waals surface area contributed by atoms with Crippen LogP contribution >= 0.6 is 0 Å². The van der Waals surface area contributed by atoms with E-state index in [9.17, 15) is 14.4 Å². The van der Waals surface area contributed by atoms with E-state index in [1.807, 2.05) is 13.8 Å². The zero-order valence-electron chi connectivity index (χ0n) is 23.2. The van der Waals surface area contributed by atoms with E-state index in [0.717, 1.165) is 38.5 Å². The molecule has 0 spiro atoms.